The minimum absolute atomic E-state index is 0.221. The van der Waals surface area contributed by atoms with Crippen molar-refractivity contribution in [2.45, 2.75) is 49.8 Å². The molecule has 4 aromatic heterocycles. The molecule has 0 saturated heterocycles. The lowest BCUT2D eigenvalue weighted by molar-refractivity contribution is 0.0874. The summed E-state index contributed by atoms with van der Waals surface area (Å²) in [6.45, 7) is 0. The Balaban J connectivity index is 1.47. The molecule has 0 unspecified atom stereocenters. The molecule has 0 radical (unpaired) electrons. The fourth-order valence-corrected chi connectivity index (χ4v) is 4.82. The minimum atomic E-state index is -2.75. The number of hydrogen-bond acceptors (Lipinski definition) is 6. The zero-order valence-electron chi connectivity index (χ0n) is 18.4. The number of carbonyl (C=O) groups excluding carboxylic acids is 1. The molecule has 2 saturated carbocycles. The van der Waals surface area contributed by atoms with E-state index in [-0.39, 0.29) is 23.9 Å². The number of anilines is 1. The van der Waals surface area contributed by atoms with Gasteiger partial charge in [0.15, 0.2) is 5.65 Å². The Hall–Kier alpha value is -3.60. The predicted octanol–water partition coefficient (Wildman–Crippen LogP) is 3.01. The number of carbonyl (C=O) groups is 1. The van der Waals surface area contributed by atoms with Gasteiger partial charge in [0.25, 0.3) is 11.8 Å². The summed E-state index contributed by atoms with van der Waals surface area (Å²) in [4.78, 5) is 22.1. The molecule has 176 valence electrons. The maximum atomic E-state index is 13.9. The average molecular weight is 467 g/mol. The highest BCUT2D eigenvalue weighted by Crippen LogP contribution is 2.54. The monoisotopic (exact) mass is 467 g/mol. The van der Waals surface area contributed by atoms with E-state index in [2.05, 4.69) is 20.7 Å². The number of pyridine rings is 1. The molecule has 6 rings (SSSR count). The Kier molecular flexibility index (Phi) is 4.60. The first-order chi connectivity index (χ1) is 16.4. The van der Waals surface area contributed by atoms with Gasteiger partial charge in [-0.05, 0) is 31.4 Å². The van der Waals surface area contributed by atoms with Crippen LogP contribution < -0.4 is 10.6 Å². The smallest absolute Gasteiger partial charge is 0.270 e. The molecule has 11 heteroatoms. The first-order valence-electron chi connectivity index (χ1n) is 11.3. The maximum Gasteiger partial charge on any atom is 0.270 e. The third-order valence-electron chi connectivity index (χ3n) is 6.76. The number of aliphatic hydroxyl groups is 1. The Morgan fingerprint density at radius 1 is 1.29 bits per heavy atom. The summed E-state index contributed by atoms with van der Waals surface area (Å²) in [5.74, 6) is -2.54. The summed E-state index contributed by atoms with van der Waals surface area (Å²) in [5.41, 5.74) is 2.21. The lowest BCUT2D eigenvalue weighted by atomic mass is 10.1. The molecular weight excluding hydrogens is 444 g/mol. The molecule has 0 aliphatic heterocycles. The molecule has 9 nitrogen and oxygen atoms in total. The SMILES string of the molecule is CNc1cc(-c2cn([C@H]3CC3(F)F)c3ncccc23)nc2c(C(=O)N[C@H]3CCC[C@H]3O)cnn12. The molecule has 4 heterocycles. The van der Waals surface area contributed by atoms with Gasteiger partial charge in [-0.3, -0.25) is 4.79 Å². The van der Waals surface area contributed by atoms with Crippen LogP contribution in [-0.2, 0) is 0 Å². The van der Waals surface area contributed by atoms with Gasteiger partial charge >= 0.3 is 0 Å². The quantitative estimate of drug-likeness (QED) is 0.416. The van der Waals surface area contributed by atoms with Crippen LogP contribution in [0.3, 0.4) is 0 Å². The van der Waals surface area contributed by atoms with Crippen molar-refractivity contribution in [2.75, 3.05) is 12.4 Å². The standard InChI is InChI=1S/C23H23F2N7O2/c1-26-19-8-16(14-11-31(18-9-23(18,24)25)20-12(14)4-3-7-27-20)29-21-13(10-28-32(19)21)22(34)30-15-5-2-6-17(15)33/h3-4,7-8,10-11,15,17-18,26,33H,2,5-6,9H2,1H3,(H,30,34)/t15-,17+,18-/m0/s1. The van der Waals surface area contributed by atoms with Crippen LogP contribution in [0.2, 0.25) is 0 Å². The van der Waals surface area contributed by atoms with Crippen LogP contribution in [0.25, 0.3) is 27.9 Å². The van der Waals surface area contributed by atoms with Gasteiger partial charge in [-0.2, -0.15) is 9.61 Å². The zero-order valence-corrected chi connectivity index (χ0v) is 18.4. The Morgan fingerprint density at radius 2 is 2.12 bits per heavy atom. The van der Waals surface area contributed by atoms with Crippen LogP contribution in [0.5, 0.6) is 0 Å². The molecule has 4 aromatic rings. The lowest BCUT2D eigenvalue weighted by Crippen LogP contribution is -2.39. The van der Waals surface area contributed by atoms with Crippen molar-refractivity contribution >= 4 is 28.4 Å². The van der Waals surface area contributed by atoms with Crippen molar-refractivity contribution in [3.8, 4) is 11.3 Å². The third kappa shape index (κ3) is 3.22. The third-order valence-corrected chi connectivity index (χ3v) is 6.76. The zero-order chi connectivity index (χ0) is 23.6. The number of fused-ring (bicyclic) bond motifs is 2. The van der Waals surface area contributed by atoms with E-state index in [0.29, 0.717) is 46.6 Å². The van der Waals surface area contributed by atoms with E-state index in [1.165, 1.54) is 15.3 Å². The number of amides is 1. The van der Waals surface area contributed by atoms with Crippen molar-refractivity contribution in [3.05, 3.63) is 42.4 Å². The van der Waals surface area contributed by atoms with Crippen LogP contribution in [0.15, 0.2) is 36.8 Å². The average Bonchev–Trinajstić information content (AvgIpc) is 3.22. The Labute approximate surface area is 192 Å². The molecule has 1 amide bonds. The highest BCUT2D eigenvalue weighted by Gasteiger charge is 2.58. The molecule has 0 bridgehead atoms. The van der Waals surface area contributed by atoms with Gasteiger partial charge < -0.3 is 20.3 Å². The number of hydrogen-bond donors (Lipinski definition) is 3. The van der Waals surface area contributed by atoms with Crippen molar-refractivity contribution in [2.24, 2.45) is 0 Å². The predicted molar refractivity (Wildman–Crippen MR) is 121 cm³/mol. The van der Waals surface area contributed by atoms with Crippen molar-refractivity contribution in [1.29, 1.82) is 0 Å². The van der Waals surface area contributed by atoms with Gasteiger partial charge in [0.05, 0.1) is 24.0 Å². The van der Waals surface area contributed by atoms with Crippen LogP contribution in [0.1, 0.15) is 42.1 Å². The van der Waals surface area contributed by atoms with E-state index in [0.717, 1.165) is 6.42 Å². The molecule has 34 heavy (non-hydrogen) atoms. The van der Waals surface area contributed by atoms with Crippen molar-refractivity contribution in [3.63, 3.8) is 0 Å². The summed E-state index contributed by atoms with van der Waals surface area (Å²) in [5, 5.41) is 21.1. The number of alkyl halides is 2. The largest absolute Gasteiger partial charge is 0.391 e. The summed E-state index contributed by atoms with van der Waals surface area (Å²) < 4.78 is 30.8. The van der Waals surface area contributed by atoms with Gasteiger partial charge in [-0.1, -0.05) is 0 Å². The summed E-state index contributed by atoms with van der Waals surface area (Å²) >= 11 is 0. The van der Waals surface area contributed by atoms with E-state index >= 15 is 0 Å². The van der Waals surface area contributed by atoms with E-state index in [4.69, 9.17) is 4.98 Å². The molecule has 2 aliphatic carbocycles. The Morgan fingerprint density at radius 3 is 2.82 bits per heavy atom. The minimum Gasteiger partial charge on any atom is -0.391 e. The van der Waals surface area contributed by atoms with E-state index in [1.807, 2.05) is 6.07 Å². The van der Waals surface area contributed by atoms with Crippen LogP contribution in [0, 0.1) is 0 Å². The second-order valence-electron chi connectivity index (χ2n) is 8.95. The maximum absolute atomic E-state index is 13.9. The number of aliphatic hydroxyl groups excluding tert-OH is 1. The second kappa shape index (κ2) is 7.45. The summed E-state index contributed by atoms with van der Waals surface area (Å²) in [6.07, 6.45) is 6.12. The first-order valence-corrected chi connectivity index (χ1v) is 11.3. The second-order valence-corrected chi connectivity index (χ2v) is 8.95. The van der Waals surface area contributed by atoms with Crippen molar-refractivity contribution in [1.82, 2.24) is 29.5 Å². The number of nitrogens with one attached hydrogen (secondary N) is 2. The first kappa shape index (κ1) is 21.0. The molecular formula is C23H23F2N7O2. The molecule has 2 aliphatic rings. The number of aromatic nitrogens is 5. The molecule has 0 spiro atoms. The number of rotatable bonds is 5. The molecule has 3 atom stereocenters. The highest BCUT2D eigenvalue weighted by molar-refractivity contribution is 6.01. The highest BCUT2D eigenvalue weighted by atomic mass is 19.3. The van der Waals surface area contributed by atoms with Crippen LogP contribution in [-0.4, -0.2) is 60.3 Å². The summed E-state index contributed by atoms with van der Waals surface area (Å²) in [7, 11) is 1.73. The van der Waals surface area contributed by atoms with E-state index in [1.54, 1.807) is 31.6 Å². The van der Waals surface area contributed by atoms with Crippen LogP contribution >= 0.6 is 0 Å². The molecule has 2 fully saturated rings. The summed E-state index contributed by atoms with van der Waals surface area (Å²) in [6, 6.07) is 4.10. The normalized spacial score (nSPS) is 23.5. The number of nitrogens with zero attached hydrogens (tertiary/aromatic N) is 5. The van der Waals surface area contributed by atoms with Crippen LogP contribution in [0.4, 0.5) is 14.6 Å². The fraction of sp³-hybridized carbons (Fsp3) is 0.391. The topological polar surface area (TPSA) is 109 Å². The van der Waals surface area contributed by atoms with E-state index < -0.39 is 18.1 Å². The van der Waals surface area contributed by atoms with Gasteiger partial charge in [-0.15, -0.1) is 0 Å². The van der Waals surface area contributed by atoms with Crippen molar-refractivity contribution < 1.29 is 18.7 Å². The molecule has 3 N–H and O–H groups in total. The Bertz CT molecular complexity index is 1430. The van der Waals surface area contributed by atoms with Gasteiger partial charge in [0.1, 0.15) is 23.1 Å². The molecule has 0 aromatic carbocycles. The fourth-order valence-electron chi connectivity index (χ4n) is 4.82. The lowest BCUT2D eigenvalue weighted by Gasteiger charge is -2.15. The number of halogens is 2. The van der Waals surface area contributed by atoms with Gasteiger partial charge in [0.2, 0.25) is 0 Å². The van der Waals surface area contributed by atoms with Gasteiger partial charge in [0, 0.05) is 42.9 Å². The van der Waals surface area contributed by atoms with E-state index in [9.17, 15) is 18.7 Å². The van der Waals surface area contributed by atoms with Gasteiger partial charge in [-0.25, -0.2) is 18.7 Å².